The first kappa shape index (κ1) is 20.5. The molecule has 0 fully saturated rings. The van der Waals surface area contributed by atoms with Crippen LogP contribution in [0.4, 0.5) is 10.5 Å². The van der Waals surface area contributed by atoms with Crippen molar-refractivity contribution < 1.29 is 29.6 Å². The molecule has 10 heteroatoms. The number of phenols is 1. The quantitative estimate of drug-likeness (QED) is 0.498. The van der Waals surface area contributed by atoms with Gasteiger partial charge in [0.05, 0.1) is 17.0 Å². The van der Waals surface area contributed by atoms with Crippen LogP contribution in [0.15, 0.2) is 6.07 Å². The predicted octanol–water partition coefficient (Wildman–Crippen LogP) is 2.83. The van der Waals surface area contributed by atoms with Crippen molar-refractivity contribution in [2.75, 3.05) is 20.7 Å². The number of carbonyl (C=O) groups excluding carboxylic acids is 2. The number of phenolic OH excluding ortho intramolecular Hbond substituents is 1. The number of methoxy groups -OCH3 is 1. The first-order valence-corrected chi connectivity index (χ1v) is 7.95. The molecule has 1 aromatic carbocycles. The highest BCUT2D eigenvalue weighted by atomic mass is 35.5. The Morgan fingerprint density at radius 3 is 2.56 bits per heavy atom. The van der Waals surface area contributed by atoms with Gasteiger partial charge in [-0.15, -0.1) is 0 Å². The third kappa shape index (κ3) is 4.72. The fraction of sp³-hybridized carbons (Fsp3) is 0.467. The summed E-state index contributed by atoms with van der Waals surface area (Å²) in [5, 5.41) is 21.5. The summed E-state index contributed by atoms with van der Waals surface area (Å²) >= 11 is 5.97. The molecule has 0 unspecified atom stereocenters. The van der Waals surface area contributed by atoms with Crippen LogP contribution in [-0.4, -0.2) is 52.8 Å². The highest BCUT2D eigenvalue weighted by Gasteiger charge is 2.37. The van der Waals surface area contributed by atoms with Gasteiger partial charge in [-0.05, 0) is 6.42 Å². The molecular weight excluding hydrogens is 354 g/mol. The molecule has 0 saturated heterocycles. The van der Waals surface area contributed by atoms with Crippen LogP contribution in [0.1, 0.15) is 36.5 Å². The van der Waals surface area contributed by atoms with Gasteiger partial charge < -0.3 is 15.2 Å². The molecule has 0 aliphatic heterocycles. The number of imide groups is 1. The Hall–Kier alpha value is -2.55. The maximum absolute atomic E-state index is 12.5. The lowest BCUT2D eigenvalue weighted by atomic mass is 10.1. The Morgan fingerprint density at radius 2 is 2.04 bits per heavy atom. The maximum atomic E-state index is 12.5. The van der Waals surface area contributed by atoms with Crippen molar-refractivity contribution in [2.24, 2.45) is 0 Å². The lowest BCUT2D eigenvalue weighted by molar-refractivity contribution is -0.730. The highest BCUT2D eigenvalue weighted by Crippen LogP contribution is 2.42. The fourth-order valence-corrected chi connectivity index (χ4v) is 2.37. The van der Waals surface area contributed by atoms with Crippen molar-refractivity contribution in [3.8, 4) is 11.5 Å². The summed E-state index contributed by atoms with van der Waals surface area (Å²) in [6.45, 7) is 2.40. The fourth-order valence-electron chi connectivity index (χ4n) is 2.10. The monoisotopic (exact) mass is 374 g/mol. The molecule has 0 saturated carbocycles. The molecule has 0 heterocycles. The Bertz CT molecular complexity index is 680. The molecule has 0 radical (unpaired) electrons. The predicted molar refractivity (Wildman–Crippen MR) is 89.8 cm³/mol. The summed E-state index contributed by atoms with van der Waals surface area (Å²) in [5.74, 6) is -1.96. The zero-order chi connectivity index (χ0) is 19.1. The van der Waals surface area contributed by atoms with E-state index in [-0.39, 0.29) is 10.8 Å². The van der Waals surface area contributed by atoms with E-state index < -0.39 is 33.9 Å². The second kappa shape index (κ2) is 9.07. The first-order chi connectivity index (χ1) is 11.8. The number of urea groups is 1. The van der Waals surface area contributed by atoms with Crippen molar-refractivity contribution in [2.45, 2.75) is 26.2 Å². The summed E-state index contributed by atoms with van der Waals surface area (Å²) in [6, 6.07) is 0.401. The molecule has 3 amide bonds. The number of amides is 3. The van der Waals surface area contributed by atoms with Gasteiger partial charge in [-0.25, -0.2) is 10.0 Å². The number of rotatable bonds is 7. The van der Waals surface area contributed by atoms with Crippen LogP contribution in [0.5, 0.6) is 11.5 Å². The summed E-state index contributed by atoms with van der Waals surface area (Å²) in [5.41, 5.74) is -1.33. The van der Waals surface area contributed by atoms with Crippen LogP contribution in [0.25, 0.3) is 0 Å². The Balaban J connectivity index is 3.14. The number of halogens is 1. The van der Waals surface area contributed by atoms with Crippen molar-refractivity contribution >= 4 is 29.2 Å². The molecule has 0 aromatic heterocycles. The summed E-state index contributed by atoms with van der Waals surface area (Å²) in [4.78, 5) is 35.9. The van der Waals surface area contributed by atoms with Crippen molar-refractivity contribution in [1.29, 1.82) is 0 Å². The molecule has 3 N–H and O–H groups in total. The Labute approximate surface area is 149 Å². The number of hydrogen-bond donors (Lipinski definition) is 3. The van der Waals surface area contributed by atoms with E-state index in [4.69, 9.17) is 16.3 Å². The van der Waals surface area contributed by atoms with Crippen LogP contribution < -0.4 is 10.1 Å². The average Bonchev–Trinajstić information content (AvgIpc) is 2.58. The minimum Gasteiger partial charge on any atom is -0.499 e. The smallest absolute Gasteiger partial charge is 0.375 e. The number of aromatic hydroxyl groups is 1. The maximum Gasteiger partial charge on any atom is 0.375 e. The largest absolute Gasteiger partial charge is 0.499 e. The number of unbranched alkanes of at least 4 members (excludes halogenated alkanes) is 2. The van der Waals surface area contributed by atoms with E-state index in [0.717, 1.165) is 25.3 Å². The molecule has 1 rings (SSSR count). The number of ether oxygens (including phenoxy) is 1. The third-order valence-corrected chi connectivity index (χ3v) is 3.78. The molecule has 0 aliphatic carbocycles. The molecule has 9 nitrogen and oxygen atoms in total. The average molecular weight is 375 g/mol. The van der Waals surface area contributed by atoms with E-state index in [0.29, 0.717) is 11.4 Å². The first-order valence-electron chi connectivity index (χ1n) is 7.57. The van der Waals surface area contributed by atoms with E-state index in [2.05, 4.69) is 5.32 Å². The van der Waals surface area contributed by atoms with E-state index >= 15 is 0 Å². The van der Waals surface area contributed by atoms with Crippen molar-refractivity contribution in [1.82, 2.24) is 10.2 Å². The molecule has 0 atom stereocenters. The number of carbonyl (C=O) groups is 2. The second-order valence-electron chi connectivity index (χ2n) is 5.21. The molecule has 0 spiro atoms. The van der Waals surface area contributed by atoms with Gasteiger partial charge in [-0.2, -0.15) is 0 Å². The van der Waals surface area contributed by atoms with E-state index in [9.17, 15) is 24.8 Å². The Morgan fingerprint density at radius 1 is 1.40 bits per heavy atom. The van der Waals surface area contributed by atoms with Crippen molar-refractivity contribution in [3.63, 3.8) is 0 Å². The summed E-state index contributed by atoms with van der Waals surface area (Å²) in [6.07, 6.45) is 2.66. The molecule has 0 aliphatic rings. The standard InChI is InChI=1S/C15H20ClN3O6/c1-4-5-6-7-17-15(22)18(2)14(21)11-9(16)8-10(25-3)13(20)12(11)19(23)24/h8H,4-7H2,1-3H3,(H2-,17,20,22,23,24)/p+1. The van der Waals surface area contributed by atoms with Gasteiger partial charge in [0.25, 0.3) is 10.8 Å². The van der Waals surface area contributed by atoms with Gasteiger partial charge in [-0.1, -0.05) is 31.4 Å². The number of nitrogens with one attached hydrogen (secondary N) is 1. The molecule has 25 heavy (non-hydrogen) atoms. The molecular formula is C15H21ClN3O6+. The van der Waals surface area contributed by atoms with Crippen molar-refractivity contribution in [3.05, 3.63) is 21.6 Å². The van der Waals surface area contributed by atoms with E-state index in [1.807, 2.05) is 6.92 Å². The van der Waals surface area contributed by atoms with Crippen LogP contribution >= 0.6 is 11.6 Å². The molecule has 138 valence electrons. The second-order valence-corrected chi connectivity index (χ2v) is 5.62. The zero-order valence-electron chi connectivity index (χ0n) is 14.2. The van der Waals surface area contributed by atoms with Crippen LogP contribution in [-0.2, 0) is 0 Å². The number of nitrogens with zero attached hydrogens (tertiary/aromatic N) is 2. The summed E-state index contributed by atoms with van der Waals surface area (Å²) < 4.78 is 4.82. The highest BCUT2D eigenvalue weighted by molar-refractivity contribution is 6.35. The van der Waals surface area contributed by atoms with Crippen LogP contribution in [0.3, 0.4) is 0 Å². The zero-order valence-corrected chi connectivity index (χ0v) is 15.0. The van der Waals surface area contributed by atoms with E-state index in [1.54, 1.807) is 0 Å². The number of hydrogen-bond acceptors (Lipinski definition) is 5. The lowest BCUT2D eigenvalue weighted by Gasteiger charge is -2.17. The van der Waals surface area contributed by atoms with Gasteiger partial charge in [0.15, 0.2) is 5.75 Å². The van der Waals surface area contributed by atoms with Gasteiger partial charge in [0.2, 0.25) is 5.75 Å². The van der Waals surface area contributed by atoms with Gasteiger partial charge in [0.1, 0.15) is 5.56 Å². The Kier molecular flexibility index (Phi) is 7.43. The minimum atomic E-state index is -0.971. The van der Waals surface area contributed by atoms with Gasteiger partial charge >= 0.3 is 11.7 Å². The molecule has 0 bridgehead atoms. The normalized spacial score (nSPS) is 10.2. The van der Waals surface area contributed by atoms with E-state index in [1.165, 1.54) is 14.2 Å². The summed E-state index contributed by atoms with van der Waals surface area (Å²) in [7, 11) is 2.39. The van der Waals surface area contributed by atoms with Gasteiger partial charge in [-0.3, -0.25) is 9.69 Å². The number of benzene rings is 1. The third-order valence-electron chi connectivity index (χ3n) is 3.48. The SMILES string of the molecule is CCCCCNC(=O)N(C)C(=O)c1c(Cl)cc(OC)c(O)c1[N+](=O)O. The van der Waals surface area contributed by atoms with Gasteiger partial charge in [0, 0.05) is 19.7 Å². The van der Waals surface area contributed by atoms with Crippen LogP contribution in [0.2, 0.25) is 5.02 Å². The topological polar surface area (TPSA) is 119 Å². The molecule has 1 aromatic rings. The minimum absolute atomic E-state index is 0.210. The van der Waals surface area contributed by atoms with Crippen LogP contribution in [0, 0.1) is 4.91 Å². The lowest BCUT2D eigenvalue weighted by Crippen LogP contribution is -2.41.